The van der Waals surface area contributed by atoms with Crippen molar-refractivity contribution in [2.24, 2.45) is 0 Å². The van der Waals surface area contributed by atoms with Crippen molar-refractivity contribution in [3.05, 3.63) is 58.3 Å². The fourth-order valence-corrected chi connectivity index (χ4v) is 6.76. The lowest BCUT2D eigenvalue weighted by Crippen LogP contribution is -2.48. The standard InChI is InChI=1S/C27H29N3O6S2/c1-27(2,3)36-25(31)16-30(24-9-10-29(26(24)32)15-22-11-18(14-28)17-37-22)38(33,34)23-8-6-19-5-7-21(35-4)12-20(19)13-23/h5-8,11-13,17,24H,9-10,15-16H2,1-4H3/t24-/m0/s1. The van der Waals surface area contributed by atoms with Gasteiger partial charge in [0.15, 0.2) is 0 Å². The molecule has 2 heterocycles. The van der Waals surface area contributed by atoms with Gasteiger partial charge in [0, 0.05) is 16.8 Å². The van der Waals surface area contributed by atoms with Crippen LogP contribution in [0.1, 0.15) is 37.6 Å². The molecule has 1 amide bonds. The molecule has 38 heavy (non-hydrogen) atoms. The highest BCUT2D eigenvalue weighted by molar-refractivity contribution is 7.89. The van der Waals surface area contributed by atoms with E-state index in [1.165, 1.54) is 30.6 Å². The number of nitriles is 1. The summed E-state index contributed by atoms with van der Waals surface area (Å²) in [4.78, 5) is 28.6. The molecule has 1 aromatic heterocycles. The third kappa shape index (κ3) is 5.99. The number of carbonyl (C=O) groups excluding carboxylic acids is 2. The van der Waals surface area contributed by atoms with Gasteiger partial charge in [-0.15, -0.1) is 11.3 Å². The highest BCUT2D eigenvalue weighted by Gasteiger charge is 2.43. The van der Waals surface area contributed by atoms with Gasteiger partial charge in [-0.3, -0.25) is 9.59 Å². The Balaban J connectivity index is 1.67. The maximum absolute atomic E-state index is 14.0. The van der Waals surface area contributed by atoms with Gasteiger partial charge in [0.05, 0.1) is 24.1 Å². The average molecular weight is 556 g/mol. The SMILES string of the molecule is COc1ccc2ccc(S(=O)(=O)N(CC(=O)OC(C)(C)C)[C@H]3CCN(Cc4cc(C#N)cs4)C3=O)cc2c1. The fourth-order valence-electron chi connectivity index (χ4n) is 4.35. The summed E-state index contributed by atoms with van der Waals surface area (Å²) in [5.74, 6) is -0.564. The van der Waals surface area contributed by atoms with Crippen molar-refractivity contribution < 1.29 is 27.5 Å². The summed E-state index contributed by atoms with van der Waals surface area (Å²) in [7, 11) is -2.74. The second-order valence-corrected chi connectivity index (χ2v) is 12.9. The number of hydrogen-bond donors (Lipinski definition) is 0. The smallest absolute Gasteiger partial charge is 0.321 e. The Morgan fingerprint density at radius 3 is 2.58 bits per heavy atom. The molecule has 0 aliphatic carbocycles. The van der Waals surface area contributed by atoms with Gasteiger partial charge in [0.1, 0.15) is 30.0 Å². The van der Waals surface area contributed by atoms with E-state index in [1.807, 2.05) is 6.07 Å². The number of hydrogen-bond acceptors (Lipinski definition) is 8. The number of thiophene rings is 1. The topological polar surface area (TPSA) is 117 Å². The average Bonchev–Trinajstić information content (AvgIpc) is 3.47. The molecule has 200 valence electrons. The number of fused-ring (bicyclic) bond motifs is 1. The van der Waals surface area contributed by atoms with Crippen LogP contribution in [0.3, 0.4) is 0 Å². The van der Waals surface area contributed by atoms with Crippen molar-refractivity contribution in [3.63, 3.8) is 0 Å². The minimum absolute atomic E-state index is 0.0371. The Labute approximate surface area is 226 Å². The Bertz CT molecular complexity index is 1520. The fraction of sp³-hybridized carbons (Fsp3) is 0.370. The summed E-state index contributed by atoms with van der Waals surface area (Å²) in [5, 5.41) is 12.3. The molecule has 3 aromatic rings. The predicted octanol–water partition coefficient (Wildman–Crippen LogP) is 3.92. The van der Waals surface area contributed by atoms with Gasteiger partial charge in [-0.2, -0.15) is 9.57 Å². The van der Waals surface area contributed by atoms with Crippen molar-refractivity contribution in [1.82, 2.24) is 9.21 Å². The van der Waals surface area contributed by atoms with Gasteiger partial charge >= 0.3 is 5.97 Å². The number of ether oxygens (including phenoxy) is 2. The van der Waals surface area contributed by atoms with E-state index in [4.69, 9.17) is 14.7 Å². The first-order valence-electron chi connectivity index (χ1n) is 12.0. The molecule has 1 atom stereocenters. The minimum Gasteiger partial charge on any atom is -0.497 e. The highest BCUT2D eigenvalue weighted by Crippen LogP contribution is 2.30. The van der Waals surface area contributed by atoms with Crippen LogP contribution in [0.2, 0.25) is 0 Å². The maximum atomic E-state index is 14.0. The van der Waals surface area contributed by atoms with E-state index in [9.17, 15) is 18.0 Å². The molecular weight excluding hydrogens is 526 g/mol. The van der Waals surface area contributed by atoms with Crippen molar-refractivity contribution >= 4 is 44.0 Å². The molecule has 9 nitrogen and oxygen atoms in total. The third-order valence-electron chi connectivity index (χ3n) is 6.08. The molecular formula is C27H29N3O6S2. The Morgan fingerprint density at radius 2 is 1.92 bits per heavy atom. The maximum Gasteiger partial charge on any atom is 0.321 e. The van der Waals surface area contributed by atoms with Crippen LogP contribution in [0.25, 0.3) is 10.8 Å². The van der Waals surface area contributed by atoms with Gasteiger partial charge in [0.2, 0.25) is 15.9 Å². The van der Waals surface area contributed by atoms with E-state index < -0.39 is 40.1 Å². The van der Waals surface area contributed by atoms with E-state index in [2.05, 4.69) is 6.07 Å². The number of nitrogens with zero attached hydrogens (tertiary/aromatic N) is 3. The van der Waals surface area contributed by atoms with Gasteiger partial charge < -0.3 is 14.4 Å². The van der Waals surface area contributed by atoms with E-state index in [0.717, 1.165) is 14.6 Å². The molecule has 1 fully saturated rings. The zero-order chi connectivity index (χ0) is 27.7. The molecule has 0 spiro atoms. The van der Waals surface area contributed by atoms with Gasteiger partial charge in [-0.1, -0.05) is 12.1 Å². The van der Waals surface area contributed by atoms with Crippen molar-refractivity contribution in [2.75, 3.05) is 20.2 Å². The second kappa shape index (κ2) is 10.7. The first-order chi connectivity index (χ1) is 17.9. The van der Waals surface area contributed by atoms with Crippen LogP contribution >= 0.6 is 11.3 Å². The largest absolute Gasteiger partial charge is 0.497 e. The summed E-state index contributed by atoms with van der Waals surface area (Å²) in [6.07, 6.45) is 0.221. The number of likely N-dealkylation sites (tertiary alicyclic amines) is 1. The Kier molecular flexibility index (Phi) is 7.78. The van der Waals surface area contributed by atoms with Crippen LogP contribution in [-0.4, -0.2) is 61.3 Å². The second-order valence-electron chi connectivity index (χ2n) is 9.99. The van der Waals surface area contributed by atoms with Crippen LogP contribution in [-0.2, 0) is 30.9 Å². The van der Waals surface area contributed by atoms with E-state index in [0.29, 0.717) is 23.2 Å². The van der Waals surface area contributed by atoms with Crippen LogP contribution in [0.5, 0.6) is 5.75 Å². The molecule has 1 saturated heterocycles. The molecule has 11 heteroatoms. The molecule has 0 unspecified atom stereocenters. The van der Waals surface area contributed by atoms with Crippen LogP contribution in [0.4, 0.5) is 0 Å². The lowest BCUT2D eigenvalue weighted by atomic mass is 10.1. The molecule has 0 N–H and O–H groups in total. The highest BCUT2D eigenvalue weighted by atomic mass is 32.2. The van der Waals surface area contributed by atoms with Crippen molar-refractivity contribution in [1.29, 1.82) is 5.26 Å². The lowest BCUT2D eigenvalue weighted by molar-refractivity contribution is -0.155. The summed E-state index contributed by atoms with van der Waals surface area (Å²) in [6.45, 7) is 5.06. The quantitative estimate of drug-likeness (QED) is 0.387. The zero-order valence-corrected chi connectivity index (χ0v) is 23.3. The molecule has 0 radical (unpaired) electrons. The minimum atomic E-state index is -4.27. The number of carbonyl (C=O) groups is 2. The normalized spacial score (nSPS) is 16.2. The summed E-state index contributed by atoms with van der Waals surface area (Å²) in [6, 6.07) is 12.7. The summed E-state index contributed by atoms with van der Waals surface area (Å²) < 4.78 is 39.6. The monoisotopic (exact) mass is 555 g/mol. The predicted molar refractivity (Wildman–Crippen MR) is 143 cm³/mol. The molecule has 4 rings (SSSR count). The summed E-state index contributed by atoms with van der Waals surface area (Å²) in [5.41, 5.74) is -0.315. The Morgan fingerprint density at radius 1 is 1.18 bits per heavy atom. The van der Waals surface area contributed by atoms with Crippen molar-refractivity contribution in [3.8, 4) is 11.8 Å². The van der Waals surface area contributed by atoms with Gasteiger partial charge in [0.25, 0.3) is 0 Å². The van der Waals surface area contributed by atoms with Crippen LogP contribution in [0, 0.1) is 11.3 Å². The summed E-state index contributed by atoms with van der Waals surface area (Å²) >= 11 is 1.36. The molecule has 2 aromatic carbocycles. The number of rotatable bonds is 8. The first kappa shape index (κ1) is 27.6. The third-order valence-corrected chi connectivity index (χ3v) is 8.85. The zero-order valence-electron chi connectivity index (χ0n) is 21.6. The number of amides is 1. The van der Waals surface area contributed by atoms with Crippen molar-refractivity contribution in [2.45, 2.75) is 50.3 Å². The molecule has 1 aliphatic heterocycles. The molecule has 0 saturated carbocycles. The lowest BCUT2D eigenvalue weighted by Gasteiger charge is -2.28. The van der Waals surface area contributed by atoms with Crippen LogP contribution in [0.15, 0.2) is 52.7 Å². The van der Waals surface area contributed by atoms with Gasteiger partial charge in [-0.05, 0) is 68.3 Å². The van der Waals surface area contributed by atoms with E-state index in [-0.39, 0.29) is 17.9 Å². The number of methoxy groups -OCH3 is 1. The first-order valence-corrected chi connectivity index (χ1v) is 14.3. The van der Waals surface area contributed by atoms with E-state index in [1.54, 1.807) is 55.3 Å². The number of esters is 1. The molecule has 0 bridgehead atoms. The number of sulfonamides is 1. The van der Waals surface area contributed by atoms with Gasteiger partial charge in [-0.25, -0.2) is 8.42 Å². The van der Waals surface area contributed by atoms with Crippen LogP contribution < -0.4 is 4.74 Å². The number of benzene rings is 2. The van der Waals surface area contributed by atoms with E-state index >= 15 is 0 Å². The molecule has 1 aliphatic rings. The Hall–Kier alpha value is -3.46.